The molecule has 0 spiro atoms. The fraction of sp³-hybridized carbons (Fsp3) is 0.600. The lowest BCUT2D eigenvalue weighted by molar-refractivity contribution is -0.136. The van der Waals surface area contributed by atoms with Crippen molar-refractivity contribution in [1.82, 2.24) is 10.6 Å². The summed E-state index contributed by atoms with van der Waals surface area (Å²) in [6, 6.07) is 5.30. The second kappa shape index (κ2) is 9.94. The van der Waals surface area contributed by atoms with Gasteiger partial charge in [0.25, 0.3) is 0 Å². The number of carbonyl (C=O) groups excluding carboxylic acids is 2. The Bertz CT molecular complexity index is 830. The smallest absolute Gasteiger partial charge is 0.229 e. The predicted octanol–water partition coefficient (Wildman–Crippen LogP) is 4.36. The van der Waals surface area contributed by atoms with Crippen LogP contribution in [-0.2, 0) is 15.1 Å². The number of hydrogen-bond acceptors (Lipinski definition) is 4. The van der Waals surface area contributed by atoms with E-state index in [0.717, 1.165) is 44.2 Å². The van der Waals surface area contributed by atoms with Crippen LogP contribution in [0.25, 0.3) is 0 Å². The van der Waals surface area contributed by atoms with Crippen molar-refractivity contribution in [2.75, 3.05) is 13.2 Å². The van der Waals surface area contributed by atoms with Crippen molar-refractivity contribution >= 4 is 11.8 Å². The second-order valence-corrected chi connectivity index (χ2v) is 9.26. The first-order chi connectivity index (χ1) is 15.1. The van der Waals surface area contributed by atoms with Crippen LogP contribution in [0, 0.1) is 17.7 Å². The van der Waals surface area contributed by atoms with Gasteiger partial charge in [-0.2, -0.15) is 0 Å². The van der Waals surface area contributed by atoms with E-state index in [4.69, 9.17) is 4.74 Å². The summed E-state index contributed by atoms with van der Waals surface area (Å²) in [5, 5.41) is 6.08. The van der Waals surface area contributed by atoms with Gasteiger partial charge in [0, 0.05) is 17.9 Å². The topological polar surface area (TPSA) is 67.4 Å². The first-order valence-corrected chi connectivity index (χ1v) is 11.7. The van der Waals surface area contributed by atoms with Crippen molar-refractivity contribution in [1.29, 1.82) is 0 Å². The Labute approximate surface area is 183 Å². The molecule has 31 heavy (non-hydrogen) atoms. The minimum absolute atomic E-state index is 0.0208. The molecule has 1 unspecified atom stereocenters. The van der Waals surface area contributed by atoms with Gasteiger partial charge in [-0.3, -0.25) is 14.9 Å². The van der Waals surface area contributed by atoms with Gasteiger partial charge in [0.05, 0.1) is 6.61 Å². The lowest BCUT2D eigenvalue weighted by Crippen LogP contribution is -2.40. The van der Waals surface area contributed by atoms with E-state index in [1.54, 1.807) is 0 Å². The number of piperidine rings is 1. The number of amides is 2. The summed E-state index contributed by atoms with van der Waals surface area (Å²) < 4.78 is 19.8. The van der Waals surface area contributed by atoms with Gasteiger partial charge in [-0.15, -0.1) is 0 Å². The van der Waals surface area contributed by atoms with Crippen LogP contribution in [0.15, 0.2) is 30.4 Å². The molecule has 1 aromatic rings. The Hall–Kier alpha value is -2.21. The van der Waals surface area contributed by atoms with Crippen LogP contribution in [0.4, 0.5) is 4.39 Å². The van der Waals surface area contributed by atoms with Gasteiger partial charge in [-0.1, -0.05) is 18.2 Å². The van der Waals surface area contributed by atoms with E-state index >= 15 is 0 Å². The fourth-order valence-electron chi connectivity index (χ4n) is 4.15. The number of benzene rings is 1. The number of nitrogens with one attached hydrogen (secondary N) is 2. The van der Waals surface area contributed by atoms with Crippen LogP contribution in [0.1, 0.15) is 69.8 Å². The lowest BCUT2D eigenvalue weighted by Gasteiger charge is -2.19. The molecule has 0 aromatic heterocycles. The molecule has 168 valence electrons. The normalized spacial score (nSPS) is 22.5. The molecule has 3 aliphatic rings. The minimum atomic E-state index is -0.274. The predicted molar refractivity (Wildman–Crippen MR) is 117 cm³/mol. The third-order valence-electron chi connectivity index (χ3n) is 6.61. The zero-order valence-electron chi connectivity index (χ0n) is 18.1. The molecular formula is C25H33FN2O3. The van der Waals surface area contributed by atoms with Crippen LogP contribution in [-0.4, -0.2) is 25.0 Å². The monoisotopic (exact) mass is 428 g/mol. The van der Waals surface area contributed by atoms with E-state index in [0.29, 0.717) is 37.5 Å². The summed E-state index contributed by atoms with van der Waals surface area (Å²) in [4.78, 5) is 22.9. The van der Waals surface area contributed by atoms with Crippen LogP contribution in [0.2, 0.25) is 0 Å². The summed E-state index contributed by atoms with van der Waals surface area (Å²) in [5.41, 5.74) is 1.11. The van der Waals surface area contributed by atoms with Crippen molar-refractivity contribution in [3.63, 3.8) is 0 Å². The molecule has 4 rings (SSSR count). The molecule has 1 heterocycles. The van der Waals surface area contributed by atoms with E-state index in [-0.39, 0.29) is 29.1 Å². The molecule has 1 aliphatic heterocycles. The van der Waals surface area contributed by atoms with Crippen LogP contribution in [0.5, 0.6) is 5.75 Å². The highest BCUT2D eigenvalue weighted by Crippen LogP contribution is 2.46. The molecule has 1 saturated heterocycles. The van der Waals surface area contributed by atoms with Crippen molar-refractivity contribution in [2.24, 2.45) is 11.8 Å². The number of hydrogen-bond donors (Lipinski definition) is 2. The maximum Gasteiger partial charge on any atom is 0.229 e. The van der Waals surface area contributed by atoms with E-state index in [1.165, 1.54) is 18.9 Å². The SMILES string of the molecule is O=C1CCC(C/C=C/CCCCNC2(c3ccc(F)c(OCC4CC4)c3)CC2)C(=O)N1. The number of unbranched alkanes of at least 4 members (excludes halogenated alkanes) is 2. The number of halogens is 1. The van der Waals surface area contributed by atoms with Crippen molar-refractivity contribution in [2.45, 2.75) is 69.7 Å². The molecule has 2 saturated carbocycles. The van der Waals surface area contributed by atoms with Gasteiger partial charge >= 0.3 is 0 Å². The Morgan fingerprint density at radius 1 is 1.16 bits per heavy atom. The maximum atomic E-state index is 14.1. The van der Waals surface area contributed by atoms with E-state index in [9.17, 15) is 14.0 Å². The molecule has 2 amide bonds. The number of carbonyl (C=O) groups is 2. The van der Waals surface area contributed by atoms with Gasteiger partial charge in [0.1, 0.15) is 0 Å². The van der Waals surface area contributed by atoms with Gasteiger partial charge < -0.3 is 10.1 Å². The maximum absolute atomic E-state index is 14.1. The molecule has 0 bridgehead atoms. The van der Waals surface area contributed by atoms with Gasteiger partial charge in [-0.05, 0) is 87.9 Å². The van der Waals surface area contributed by atoms with E-state index in [2.05, 4.69) is 22.8 Å². The van der Waals surface area contributed by atoms with Crippen LogP contribution >= 0.6 is 0 Å². The first kappa shape index (κ1) is 22.0. The number of imide groups is 1. The third kappa shape index (κ3) is 6.16. The molecule has 5 nitrogen and oxygen atoms in total. The Kier molecular flexibility index (Phi) is 7.06. The van der Waals surface area contributed by atoms with E-state index in [1.807, 2.05) is 12.1 Å². The average molecular weight is 429 g/mol. The average Bonchev–Trinajstić information content (AvgIpc) is 3.66. The highest BCUT2D eigenvalue weighted by atomic mass is 19.1. The van der Waals surface area contributed by atoms with Gasteiger partial charge in [0.2, 0.25) is 11.8 Å². The molecule has 3 fully saturated rings. The molecule has 0 radical (unpaired) electrons. The number of allylic oxidation sites excluding steroid dienone is 2. The summed E-state index contributed by atoms with van der Waals surface area (Å²) >= 11 is 0. The van der Waals surface area contributed by atoms with Crippen molar-refractivity contribution in [3.05, 3.63) is 41.7 Å². The molecule has 6 heteroatoms. The summed E-state index contributed by atoms with van der Waals surface area (Å²) in [6.07, 6.45) is 13.7. The molecule has 1 atom stereocenters. The highest BCUT2D eigenvalue weighted by Gasteiger charge is 2.44. The van der Waals surface area contributed by atoms with Crippen molar-refractivity contribution < 1.29 is 18.7 Å². The quantitative estimate of drug-likeness (QED) is 0.295. The Balaban J connectivity index is 1.14. The fourth-order valence-corrected chi connectivity index (χ4v) is 4.15. The van der Waals surface area contributed by atoms with E-state index < -0.39 is 0 Å². The summed E-state index contributed by atoms with van der Waals surface area (Å²) in [6.45, 7) is 1.55. The zero-order valence-corrected chi connectivity index (χ0v) is 18.1. The minimum Gasteiger partial charge on any atom is -0.490 e. The Morgan fingerprint density at radius 2 is 2.00 bits per heavy atom. The van der Waals surface area contributed by atoms with Crippen LogP contribution < -0.4 is 15.4 Å². The molecule has 2 N–H and O–H groups in total. The van der Waals surface area contributed by atoms with Crippen LogP contribution in [0.3, 0.4) is 0 Å². The highest BCUT2D eigenvalue weighted by molar-refractivity contribution is 5.98. The number of ether oxygens (including phenoxy) is 1. The second-order valence-electron chi connectivity index (χ2n) is 9.26. The Morgan fingerprint density at radius 3 is 2.74 bits per heavy atom. The standard InChI is InChI=1S/C25H33FN2O3/c26-21-11-10-20(16-22(21)31-17-18-7-8-18)25(13-14-25)27-15-5-3-1-2-4-6-19-9-12-23(29)28-24(19)30/h2,4,10-11,16,18-19,27H,1,3,5-9,12-15,17H2,(H,28,29,30)/b4-2+. The zero-order chi connectivity index (χ0) is 21.7. The summed E-state index contributed by atoms with van der Waals surface area (Å²) in [7, 11) is 0. The molecular weight excluding hydrogens is 395 g/mol. The van der Waals surface area contributed by atoms with Gasteiger partial charge in [-0.25, -0.2) is 4.39 Å². The largest absolute Gasteiger partial charge is 0.490 e. The summed E-state index contributed by atoms with van der Waals surface area (Å²) in [5.74, 6) is 0.354. The van der Waals surface area contributed by atoms with Crippen molar-refractivity contribution in [3.8, 4) is 5.75 Å². The van der Waals surface area contributed by atoms with Gasteiger partial charge in [0.15, 0.2) is 11.6 Å². The molecule has 1 aromatic carbocycles. The lowest BCUT2D eigenvalue weighted by atomic mass is 9.94. The number of rotatable bonds is 12. The first-order valence-electron chi connectivity index (χ1n) is 11.7. The molecule has 2 aliphatic carbocycles. The third-order valence-corrected chi connectivity index (χ3v) is 6.61.